The average Bonchev–Trinajstić information content (AvgIpc) is 2.84. The summed E-state index contributed by atoms with van der Waals surface area (Å²) in [5, 5.41) is 4.66. The molecule has 2 aromatic heterocycles. The second-order valence-corrected chi connectivity index (χ2v) is 5.06. The summed E-state index contributed by atoms with van der Waals surface area (Å²) >= 11 is 1.80. The maximum absolute atomic E-state index is 4.34. The number of pyridine rings is 1. The topological polar surface area (TPSA) is 37.8 Å². The molecule has 0 radical (unpaired) electrons. The largest absolute Gasteiger partial charge is 0.311 e. The summed E-state index contributed by atoms with van der Waals surface area (Å²) < 4.78 is 0. The first-order valence-corrected chi connectivity index (χ1v) is 6.73. The quantitative estimate of drug-likeness (QED) is 0.797. The smallest absolute Gasteiger partial charge is 0.0925 e. The number of thiazole rings is 1. The van der Waals surface area contributed by atoms with Crippen molar-refractivity contribution in [1.82, 2.24) is 15.3 Å². The highest BCUT2D eigenvalue weighted by Gasteiger charge is 1.99. The summed E-state index contributed by atoms with van der Waals surface area (Å²) in [5.74, 6) is 0. The van der Waals surface area contributed by atoms with Gasteiger partial charge in [0, 0.05) is 30.0 Å². The molecule has 2 aromatic rings. The van der Waals surface area contributed by atoms with E-state index in [1.54, 1.807) is 11.3 Å². The molecule has 1 N–H and O–H groups in total. The minimum absolute atomic E-state index is 0.919. The van der Waals surface area contributed by atoms with E-state index in [0.717, 1.165) is 25.9 Å². The molecule has 0 atom stereocenters. The molecule has 0 spiro atoms. The molecule has 2 heterocycles. The number of aromatic nitrogens is 2. The van der Waals surface area contributed by atoms with Gasteiger partial charge in [-0.2, -0.15) is 0 Å². The second-order valence-electron chi connectivity index (χ2n) is 3.86. The van der Waals surface area contributed by atoms with Gasteiger partial charge in [0.05, 0.1) is 5.01 Å². The molecule has 0 aliphatic carbocycles. The summed E-state index contributed by atoms with van der Waals surface area (Å²) in [6.07, 6.45) is 7.73. The van der Waals surface area contributed by atoms with E-state index in [4.69, 9.17) is 0 Å². The molecule has 90 valence electrons. The van der Waals surface area contributed by atoms with Crippen LogP contribution in [0.1, 0.15) is 22.4 Å². The molecule has 0 saturated heterocycles. The number of rotatable bonds is 6. The molecule has 0 aliphatic rings. The molecule has 0 bridgehead atoms. The van der Waals surface area contributed by atoms with E-state index in [-0.39, 0.29) is 0 Å². The molecule has 0 unspecified atom stereocenters. The first kappa shape index (κ1) is 12.2. The fourth-order valence-corrected chi connectivity index (χ4v) is 2.42. The van der Waals surface area contributed by atoms with E-state index in [9.17, 15) is 0 Å². The zero-order valence-corrected chi connectivity index (χ0v) is 10.8. The molecule has 0 amide bonds. The van der Waals surface area contributed by atoms with Crippen LogP contribution < -0.4 is 5.32 Å². The zero-order valence-electron chi connectivity index (χ0n) is 10.0. The lowest BCUT2D eigenvalue weighted by Crippen LogP contribution is -2.15. The van der Waals surface area contributed by atoms with Gasteiger partial charge >= 0.3 is 0 Å². The number of hydrogen-bond acceptors (Lipinski definition) is 4. The SMILES string of the molecule is CCc1ncc(CNCCc2ccncc2)s1. The van der Waals surface area contributed by atoms with Crippen molar-refractivity contribution in [3.05, 3.63) is 46.2 Å². The monoisotopic (exact) mass is 247 g/mol. The molecule has 0 fully saturated rings. The molecular formula is C13H17N3S. The summed E-state index contributed by atoms with van der Waals surface area (Å²) in [7, 11) is 0. The Morgan fingerprint density at radius 3 is 2.82 bits per heavy atom. The molecule has 17 heavy (non-hydrogen) atoms. The zero-order chi connectivity index (χ0) is 11.9. The van der Waals surface area contributed by atoms with Crippen LogP contribution in [-0.4, -0.2) is 16.5 Å². The molecule has 3 nitrogen and oxygen atoms in total. The Kier molecular flexibility index (Phi) is 4.64. The van der Waals surface area contributed by atoms with Gasteiger partial charge in [0.15, 0.2) is 0 Å². The Morgan fingerprint density at radius 2 is 2.12 bits per heavy atom. The first-order chi connectivity index (χ1) is 8.38. The number of nitrogens with zero attached hydrogens (tertiary/aromatic N) is 2. The highest BCUT2D eigenvalue weighted by atomic mass is 32.1. The van der Waals surface area contributed by atoms with Crippen LogP contribution in [0.5, 0.6) is 0 Å². The van der Waals surface area contributed by atoms with Gasteiger partial charge in [0.1, 0.15) is 0 Å². The lowest BCUT2D eigenvalue weighted by molar-refractivity contribution is 0.692. The summed E-state index contributed by atoms with van der Waals surface area (Å²) in [6, 6.07) is 4.12. The van der Waals surface area contributed by atoms with Crippen molar-refractivity contribution in [2.75, 3.05) is 6.54 Å². The first-order valence-electron chi connectivity index (χ1n) is 5.91. The number of aryl methyl sites for hydroxylation is 1. The summed E-state index contributed by atoms with van der Waals surface area (Å²) in [6.45, 7) is 4.05. The van der Waals surface area contributed by atoms with Crippen LogP contribution in [0.15, 0.2) is 30.7 Å². The molecule has 2 rings (SSSR count). The van der Waals surface area contributed by atoms with Crippen LogP contribution in [0.4, 0.5) is 0 Å². The second kappa shape index (κ2) is 6.47. The van der Waals surface area contributed by atoms with E-state index in [1.807, 2.05) is 18.6 Å². The third kappa shape index (κ3) is 3.91. The van der Waals surface area contributed by atoms with Crippen LogP contribution in [0.2, 0.25) is 0 Å². The summed E-state index contributed by atoms with van der Waals surface area (Å²) in [4.78, 5) is 9.66. The maximum Gasteiger partial charge on any atom is 0.0925 e. The fourth-order valence-electron chi connectivity index (χ4n) is 1.59. The summed E-state index contributed by atoms with van der Waals surface area (Å²) in [5.41, 5.74) is 1.33. The van der Waals surface area contributed by atoms with Gasteiger partial charge in [-0.05, 0) is 37.1 Å². The predicted molar refractivity (Wildman–Crippen MR) is 71.1 cm³/mol. The number of nitrogens with one attached hydrogen (secondary N) is 1. The van der Waals surface area contributed by atoms with Gasteiger partial charge in [-0.3, -0.25) is 4.98 Å². The van der Waals surface area contributed by atoms with Crippen molar-refractivity contribution in [3.63, 3.8) is 0 Å². The van der Waals surface area contributed by atoms with Crippen molar-refractivity contribution in [2.45, 2.75) is 26.3 Å². The molecule has 0 aliphatic heterocycles. The van der Waals surface area contributed by atoms with Crippen molar-refractivity contribution >= 4 is 11.3 Å². The molecule has 4 heteroatoms. The van der Waals surface area contributed by atoms with E-state index >= 15 is 0 Å². The van der Waals surface area contributed by atoms with Crippen LogP contribution >= 0.6 is 11.3 Å². The Bertz CT molecular complexity index is 439. The number of hydrogen-bond donors (Lipinski definition) is 1. The van der Waals surface area contributed by atoms with Crippen LogP contribution in [0.25, 0.3) is 0 Å². The van der Waals surface area contributed by atoms with E-state index in [0.29, 0.717) is 0 Å². The van der Waals surface area contributed by atoms with Gasteiger partial charge in [0.2, 0.25) is 0 Å². The average molecular weight is 247 g/mol. The van der Waals surface area contributed by atoms with Crippen molar-refractivity contribution in [2.24, 2.45) is 0 Å². The van der Waals surface area contributed by atoms with Gasteiger partial charge in [-0.15, -0.1) is 11.3 Å². The van der Waals surface area contributed by atoms with Gasteiger partial charge in [0.25, 0.3) is 0 Å². The highest BCUT2D eigenvalue weighted by Crippen LogP contribution is 2.12. The Labute approximate surface area is 106 Å². The van der Waals surface area contributed by atoms with Crippen LogP contribution in [0.3, 0.4) is 0 Å². The standard InChI is InChI=1S/C13H17N3S/c1-2-13-16-10-12(17-13)9-15-8-5-11-3-6-14-7-4-11/h3-4,6-7,10,15H,2,5,8-9H2,1H3. The van der Waals surface area contributed by atoms with Gasteiger partial charge < -0.3 is 5.32 Å². The van der Waals surface area contributed by atoms with Gasteiger partial charge in [-0.1, -0.05) is 6.92 Å². The Balaban J connectivity index is 1.69. The van der Waals surface area contributed by atoms with Crippen molar-refractivity contribution in [3.8, 4) is 0 Å². The van der Waals surface area contributed by atoms with E-state index in [2.05, 4.69) is 34.3 Å². The lowest BCUT2D eigenvalue weighted by atomic mass is 10.2. The third-order valence-corrected chi connectivity index (χ3v) is 3.68. The van der Waals surface area contributed by atoms with Crippen molar-refractivity contribution < 1.29 is 0 Å². The van der Waals surface area contributed by atoms with Crippen LogP contribution in [-0.2, 0) is 19.4 Å². The third-order valence-electron chi connectivity index (χ3n) is 2.54. The Morgan fingerprint density at radius 1 is 1.29 bits per heavy atom. The van der Waals surface area contributed by atoms with Gasteiger partial charge in [-0.25, -0.2) is 4.98 Å². The minimum atomic E-state index is 0.919. The minimum Gasteiger partial charge on any atom is -0.311 e. The molecule has 0 aromatic carbocycles. The van der Waals surface area contributed by atoms with E-state index in [1.165, 1.54) is 15.4 Å². The van der Waals surface area contributed by atoms with Crippen LogP contribution in [0, 0.1) is 0 Å². The lowest BCUT2D eigenvalue weighted by Gasteiger charge is -2.02. The maximum atomic E-state index is 4.34. The molecule has 0 saturated carbocycles. The molecular weight excluding hydrogens is 230 g/mol. The fraction of sp³-hybridized carbons (Fsp3) is 0.385. The van der Waals surface area contributed by atoms with E-state index < -0.39 is 0 Å². The Hall–Kier alpha value is -1.26. The predicted octanol–water partition coefficient (Wildman–Crippen LogP) is 2.43. The highest BCUT2D eigenvalue weighted by molar-refractivity contribution is 7.11. The van der Waals surface area contributed by atoms with Crippen molar-refractivity contribution in [1.29, 1.82) is 0 Å². The normalized spacial score (nSPS) is 10.6.